The van der Waals surface area contributed by atoms with Crippen molar-refractivity contribution in [2.24, 2.45) is 0 Å². The number of alkyl halides is 3. The van der Waals surface area contributed by atoms with Crippen LogP contribution in [0.3, 0.4) is 0 Å². The number of pyridine rings is 1. The van der Waals surface area contributed by atoms with Gasteiger partial charge < -0.3 is 10.2 Å². The Balaban J connectivity index is 1.50. The number of rotatable bonds is 6. The third-order valence-corrected chi connectivity index (χ3v) is 6.96. The monoisotopic (exact) mass is 518 g/mol. The van der Waals surface area contributed by atoms with Gasteiger partial charge in [0.25, 0.3) is 0 Å². The molecule has 1 aliphatic heterocycles. The Bertz CT molecular complexity index is 1100. The van der Waals surface area contributed by atoms with Crippen molar-refractivity contribution in [2.45, 2.75) is 50.0 Å². The number of amides is 1. The summed E-state index contributed by atoms with van der Waals surface area (Å²) in [5.74, 6) is -1.20. The first-order chi connectivity index (χ1) is 16.0. The fourth-order valence-electron chi connectivity index (χ4n) is 4.59. The second-order valence-corrected chi connectivity index (χ2v) is 10.0. The molecule has 1 saturated heterocycles. The number of benzene rings is 1. The van der Waals surface area contributed by atoms with E-state index in [2.05, 4.69) is 15.0 Å². The number of nitrogens with one attached hydrogen (secondary N) is 2. The number of piperidine rings is 1. The fourth-order valence-corrected chi connectivity index (χ4v) is 5.38. The van der Waals surface area contributed by atoms with Crippen LogP contribution >= 0.6 is 11.6 Å². The van der Waals surface area contributed by atoms with Crippen LogP contribution in [0.5, 0.6) is 0 Å². The van der Waals surface area contributed by atoms with Gasteiger partial charge in [0.2, 0.25) is 5.91 Å². The molecule has 1 aliphatic carbocycles. The van der Waals surface area contributed by atoms with Crippen molar-refractivity contribution in [2.75, 3.05) is 18.1 Å². The summed E-state index contributed by atoms with van der Waals surface area (Å²) in [4.78, 5) is 17.5. The van der Waals surface area contributed by atoms with Gasteiger partial charge in [-0.25, -0.2) is 13.3 Å². The molecule has 2 aromatic rings. The molecule has 184 valence electrons. The van der Waals surface area contributed by atoms with Crippen LogP contribution in [0.1, 0.15) is 35.7 Å². The molecular formula is C22H23ClF4N4O2S. The molecule has 4 unspecified atom stereocenters. The van der Waals surface area contributed by atoms with Crippen molar-refractivity contribution in [3.63, 3.8) is 0 Å². The Hall–Kier alpha value is -2.24. The third kappa shape index (κ3) is 5.21. The number of nitrogens with zero attached hydrogens (tertiary/aromatic N) is 2. The lowest BCUT2D eigenvalue weighted by Gasteiger charge is -2.38. The molecule has 1 aromatic heterocycles. The summed E-state index contributed by atoms with van der Waals surface area (Å²) in [6.45, 7) is -0.0757. The Morgan fingerprint density at radius 3 is 2.65 bits per heavy atom. The van der Waals surface area contributed by atoms with Crippen molar-refractivity contribution < 1.29 is 26.6 Å². The second kappa shape index (κ2) is 9.79. The smallest absolute Gasteiger partial charge is 0.380 e. The topological polar surface area (TPSA) is 74.3 Å². The van der Waals surface area contributed by atoms with Crippen LogP contribution in [0.4, 0.5) is 23.2 Å². The summed E-state index contributed by atoms with van der Waals surface area (Å²) in [5, 5.41) is 3.23. The van der Waals surface area contributed by atoms with E-state index in [0.717, 1.165) is 10.5 Å². The Morgan fingerprint density at radius 1 is 1.24 bits per heavy atom. The highest BCUT2D eigenvalue weighted by Crippen LogP contribution is 2.39. The molecule has 0 radical (unpaired) electrons. The number of likely N-dealkylation sites (tertiary alicyclic amines) is 1. The lowest BCUT2D eigenvalue weighted by Crippen LogP contribution is -2.54. The molecule has 0 bridgehead atoms. The molecule has 4 atom stereocenters. The van der Waals surface area contributed by atoms with E-state index in [-0.39, 0.29) is 23.3 Å². The second-order valence-electron chi connectivity index (χ2n) is 8.46. The molecule has 12 heteroatoms. The van der Waals surface area contributed by atoms with Crippen molar-refractivity contribution in [3.8, 4) is 0 Å². The highest BCUT2D eigenvalue weighted by molar-refractivity contribution is 7.82. The van der Waals surface area contributed by atoms with E-state index in [0.29, 0.717) is 36.9 Å². The van der Waals surface area contributed by atoms with Crippen LogP contribution in [-0.4, -0.2) is 51.1 Å². The zero-order valence-electron chi connectivity index (χ0n) is 18.2. The number of hydrogen-bond acceptors (Lipinski definition) is 4. The van der Waals surface area contributed by atoms with Gasteiger partial charge in [0, 0.05) is 18.8 Å². The summed E-state index contributed by atoms with van der Waals surface area (Å²) in [6, 6.07) is 2.68. The molecule has 2 heterocycles. The maximum atomic E-state index is 14.2. The zero-order valence-corrected chi connectivity index (χ0v) is 19.7. The first-order valence-corrected chi connectivity index (χ1v) is 12.6. The first kappa shape index (κ1) is 24.9. The van der Waals surface area contributed by atoms with Gasteiger partial charge in [0.15, 0.2) is 6.04 Å². The van der Waals surface area contributed by atoms with Gasteiger partial charge in [-0.3, -0.25) is 9.78 Å². The summed E-state index contributed by atoms with van der Waals surface area (Å²) in [5.41, 5.74) is 1.55. The van der Waals surface area contributed by atoms with E-state index in [9.17, 15) is 26.6 Å². The van der Waals surface area contributed by atoms with E-state index in [1.165, 1.54) is 30.7 Å². The first-order valence-electron chi connectivity index (χ1n) is 10.7. The fraction of sp³-hybridized carbons (Fsp3) is 0.455. The lowest BCUT2D eigenvalue weighted by molar-refractivity contribution is -0.196. The van der Waals surface area contributed by atoms with Crippen molar-refractivity contribution in [1.29, 1.82) is 0 Å². The predicted molar refractivity (Wildman–Crippen MR) is 121 cm³/mol. The van der Waals surface area contributed by atoms with Gasteiger partial charge in [-0.15, -0.1) is 0 Å². The summed E-state index contributed by atoms with van der Waals surface area (Å²) < 4.78 is 70.3. The molecule has 0 saturated carbocycles. The molecule has 1 amide bonds. The zero-order chi connectivity index (χ0) is 24.6. The highest BCUT2D eigenvalue weighted by atomic mass is 35.5. The van der Waals surface area contributed by atoms with Gasteiger partial charge in [-0.05, 0) is 55.0 Å². The average Bonchev–Trinajstić information content (AvgIpc) is 3.17. The van der Waals surface area contributed by atoms with Crippen molar-refractivity contribution >= 4 is 34.2 Å². The maximum absolute atomic E-state index is 14.2. The molecule has 4 rings (SSSR count). The van der Waals surface area contributed by atoms with Crippen LogP contribution in [-0.2, 0) is 28.6 Å². The van der Waals surface area contributed by atoms with Crippen molar-refractivity contribution in [1.82, 2.24) is 14.6 Å². The molecule has 2 aliphatic rings. The van der Waals surface area contributed by atoms with E-state index in [4.69, 9.17) is 11.6 Å². The number of hydrogen-bond donors (Lipinski definition) is 2. The Morgan fingerprint density at radius 2 is 2.00 bits per heavy atom. The van der Waals surface area contributed by atoms with Gasteiger partial charge in [0.1, 0.15) is 5.82 Å². The van der Waals surface area contributed by atoms with Crippen LogP contribution in [0, 0.1) is 5.82 Å². The van der Waals surface area contributed by atoms with E-state index in [1.54, 1.807) is 6.07 Å². The van der Waals surface area contributed by atoms with Gasteiger partial charge in [0.05, 0.1) is 39.6 Å². The number of carbonyl (C=O) groups is 1. The minimum absolute atomic E-state index is 0.0542. The standard InChI is InChI=1S/C22H23ClF4N4O2S/c1-34(33)30-18-3-2-8-31(21(18)32)20(22(25,26)27)17-7-5-13(11-28-17)29-14-9-12-4-6-16(23)19(24)15(12)10-14/h4-7,11,14,18,20,29-30H,2-3,8-10H2,1H3. The number of carbonyl (C=O) groups excluding carboxylic acids is 1. The van der Waals surface area contributed by atoms with Crippen LogP contribution in [0.25, 0.3) is 0 Å². The molecule has 2 N–H and O–H groups in total. The van der Waals surface area contributed by atoms with Crippen LogP contribution in [0.15, 0.2) is 30.5 Å². The van der Waals surface area contributed by atoms with Gasteiger partial charge in [-0.1, -0.05) is 17.7 Å². The molecule has 1 aromatic carbocycles. The van der Waals surface area contributed by atoms with Gasteiger partial charge >= 0.3 is 6.18 Å². The van der Waals surface area contributed by atoms with E-state index < -0.39 is 41.0 Å². The Labute approximate surface area is 201 Å². The summed E-state index contributed by atoms with van der Waals surface area (Å²) in [7, 11) is -1.53. The molecule has 0 spiro atoms. The number of anilines is 1. The molecule has 6 nitrogen and oxygen atoms in total. The SMILES string of the molecule is CS(=O)NC1CCCN(C(c2ccc(NC3Cc4ccc(Cl)c(F)c4C3)cn2)C(F)(F)F)C1=O. The van der Waals surface area contributed by atoms with E-state index >= 15 is 0 Å². The average molecular weight is 519 g/mol. The van der Waals surface area contributed by atoms with Crippen LogP contribution in [0.2, 0.25) is 5.02 Å². The number of halogens is 5. The minimum Gasteiger partial charge on any atom is -0.380 e. The number of aromatic nitrogens is 1. The predicted octanol–water partition coefficient (Wildman–Crippen LogP) is 3.93. The normalized spacial score (nSPS) is 22.4. The quantitative estimate of drug-likeness (QED) is 0.568. The van der Waals surface area contributed by atoms with E-state index in [1.807, 2.05) is 0 Å². The third-order valence-electron chi connectivity index (χ3n) is 6.05. The minimum atomic E-state index is -4.74. The van der Waals surface area contributed by atoms with Gasteiger partial charge in [-0.2, -0.15) is 13.2 Å². The highest BCUT2D eigenvalue weighted by Gasteiger charge is 2.49. The molecule has 34 heavy (non-hydrogen) atoms. The molecular weight excluding hydrogens is 496 g/mol. The maximum Gasteiger partial charge on any atom is 0.414 e. The summed E-state index contributed by atoms with van der Waals surface area (Å²) in [6.07, 6.45) is -0.538. The Kier molecular flexibility index (Phi) is 7.16. The van der Waals surface area contributed by atoms with Crippen LogP contribution < -0.4 is 10.0 Å². The number of fused-ring (bicyclic) bond motifs is 1. The largest absolute Gasteiger partial charge is 0.414 e. The summed E-state index contributed by atoms with van der Waals surface area (Å²) >= 11 is 5.85. The van der Waals surface area contributed by atoms with Crippen molar-refractivity contribution in [3.05, 3.63) is 58.1 Å². The molecule has 1 fully saturated rings. The lowest BCUT2D eigenvalue weighted by atomic mass is 10.0.